The van der Waals surface area contributed by atoms with Gasteiger partial charge >= 0.3 is 0 Å². The van der Waals surface area contributed by atoms with Gasteiger partial charge in [-0.15, -0.1) is 11.3 Å². The lowest BCUT2D eigenvalue weighted by atomic mass is 10.1. The Morgan fingerprint density at radius 1 is 1.19 bits per heavy atom. The maximum Gasteiger partial charge on any atom is 0.257 e. The van der Waals surface area contributed by atoms with Gasteiger partial charge in [0.25, 0.3) is 11.8 Å². The largest absolute Gasteiger partial charge is 0.493 e. The van der Waals surface area contributed by atoms with Crippen molar-refractivity contribution in [2.24, 2.45) is 5.73 Å². The summed E-state index contributed by atoms with van der Waals surface area (Å²) in [5.41, 5.74) is 5.56. The van der Waals surface area contributed by atoms with Gasteiger partial charge in [-0.25, -0.2) is 4.98 Å². The number of carbonyl (C=O) groups is 3. The predicted octanol–water partition coefficient (Wildman–Crippen LogP) is 1.48. The Morgan fingerprint density at radius 3 is 2.27 bits per heavy atom. The molecule has 138 valence electrons. The Morgan fingerprint density at radius 2 is 1.81 bits per heavy atom. The number of aromatic nitrogens is 1. The lowest BCUT2D eigenvalue weighted by Gasteiger charge is -2.15. The quantitative estimate of drug-likeness (QED) is 0.664. The first-order valence-electron chi connectivity index (χ1n) is 7.30. The molecule has 10 heteroatoms. The number of rotatable bonds is 8. The van der Waals surface area contributed by atoms with Crippen molar-refractivity contribution in [3.05, 3.63) is 28.8 Å². The molecule has 0 aliphatic heterocycles. The molecule has 1 aromatic heterocycles. The second-order valence-corrected chi connectivity index (χ2v) is 5.87. The molecular formula is C16H17N3O6S. The van der Waals surface area contributed by atoms with Gasteiger partial charge in [-0.2, -0.15) is 0 Å². The van der Waals surface area contributed by atoms with Crippen LogP contribution in [0.5, 0.6) is 17.2 Å². The van der Waals surface area contributed by atoms with Gasteiger partial charge in [0, 0.05) is 17.9 Å². The van der Waals surface area contributed by atoms with Gasteiger partial charge < -0.3 is 19.9 Å². The summed E-state index contributed by atoms with van der Waals surface area (Å²) in [6.45, 7) is 1.02. The molecule has 0 bridgehead atoms. The molecule has 0 saturated carbocycles. The Bertz CT molecular complexity index is 823. The summed E-state index contributed by atoms with van der Waals surface area (Å²) in [4.78, 5) is 38.7. The van der Waals surface area contributed by atoms with Crippen molar-refractivity contribution in [2.45, 2.75) is 6.92 Å². The third-order valence-corrected chi connectivity index (χ3v) is 3.92. The van der Waals surface area contributed by atoms with Crippen molar-refractivity contribution < 1.29 is 28.6 Å². The van der Waals surface area contributed by atoms with E-state index in [4.69, 9.17) is 19.9 Å². The number of carbonyl (C=O) groups excluding carboxylic acids is 3. The normalized spacial score (nSPS) is 10.1. The third kappa shape index (κ3) is 4.48. The second kappa shape index (κ2) is 8.30. The summed E-state index contributed by atoms with van der Waals surface area (Å²) in [6, 6.07) is 2.85. The van der Waals surface area contributed by atoms with Crippen LogP contribution in [0.15, 0.2) is 17.5 Å². The SMILES string of the molecule is COc1cc(C(=O)Nc2nc(C(C)=O)cs2)cc(OC)c1OCC(N)=O. The van der Waals surface area contributed by atoms with E-state index in [0.717, 1.165) is 11.3 Å². The van der Waals surface area contributed by atoms with E-state index in [9.17, 15) is 14.4 Å². The van der Waals surface area contributed by atoms with E-state index in [1.165, 1.54) is 33.3 Å². The fourth-order valence-corrected chi connectivity index (χ4v) is 2.70. The number of nitrogens with one attached hydrogen (secondary N) is 1. The zero-order chi connectivity index (χ0) is 19.3. The molecule has 0 saturated heterocycles. The lowest BCUT2D eigenvalue weighted by molar-refractivity contribution is -0.120. The van der Waals surface area contributed by atoms with Crippen LogP contribution in [0, 0.1) is 0 Å². The number of ketones is 1. The number of ether oxygens (including phenoxy) is 3. The number of nitrogens with zero attached hydrogens (tertiary/aromatic N) is 1. The summed E-state index contributed by atoms with van der Waals surface area (Å²) in [6.07, 6.45) is 0. The Labute approximate surface area is 153 Å². The highest BCUT2D eigenvalue weighted by Gasteiger charge is 2.19. The van der Waals surface area contributed by atoms with E-state index in [-0.39, 0.29) is 46.0 Å². The van der Waals surface area contributed by atoms with E-state index in [0.29, 0.717) is 0 Å². The Balaban J connectivity index is 2.28. The number of hydrogen-bond acceptors (Lipinski definition) is 8. The minimum absolute atomic E-state index is 0.151. The summed E-state index contributed by atoms with van der Waals surface area (Å²) < 4.78 is 15.7. The molecule has 0 atom stereocenters. The molecule has 0 spiro atoms. The molecule has 0 aliphatic carbocycles. The highest BCUT2D eigenvalue weighted by atomic mass is 32.1. The molecule has 3 N–H and O–H groups in total. The van der Waals surface area contributed by atoms with Crippen LogP contribution in [0.1, 0.15) is 27.8 Å². The number of thiazole rings is 1. The van der Waals surface area contributed by atoms with Crippen molar-refractivity contribution in [2.75, 3.05) is 26.1 Å². The van der Waals surface area contributed by atoms with Crippen LogP contribution < -0.4 is 25.3 Å². The number of amides is 2. The van der Waals surface area contributed by atoms with Gasteiger partial charge in [0.15, 0.2) is 29.0 Å². The molecule has 2 amide bonds. The molecule has 0 unspecified atom stereocenters. The number of benzene rings is 1. The van der Waals surface area contributed by atoms with Gasteiger partial charge in [0.1, 0.15) is 5.69 Å². The van der Waals surface area contributed by atoms with Crippen LogP contribution in [0.2, 0.25) is 0 Å². The molecule has 1 aromatic carbocycles. The van der Waals surface area contributed by atoms with Crippen molar-refractivity contribution >= 4 is 34.1 Å². The van der Waals surface area contributed by atoms with E-state index in [1.807, 2.05) is 0 Å². The smallest absolute Gasteiger partial charge is 0.257 e. The van der Waals surface area contributed by atoms with Gasteiger partial charge in [-0.1, -0.05) is 0 Å². The van der Waals surface area contributed by atoms with E-state index in [1.54, 1.807) is 5.38 Å². The van der Waals surface area contributed by atoms with Crippen LogP contribution in [-0.2, 0) is 4.79 Å². The van der Waals surface area contributed by atoms with Crippen LogP contribution in [0.4, 0.5) is 5.13 Å². The molecular weight excluding hydrogens is 362 g/mol. The maximum absolute atomic E-state index is 12.5. The Hall–Kier alpha value is -3.14. The first kappa shape index (κ1) is 19.2. The highest BCUT2D eigenvalue weighted by molar-refractivity contribution is 7.14. The molecule has 2 rings (SSSR count). The van der Waals surface area contributed by atoms with Crippen molar-refractivity contribution in [3.8, 4) is 17.2 Å². The fraction of sp³-hybridized carbons (Fsp3) is 0.250. The summed E-state index contributed by atoms with van der Waals surface area (Å²) >= 11 is 1.13. The molecule has 2 aromatic rings. The number of hydrogen-bond donors (Lipinski definition) is 2. The lowest BCUT2D eigenvalue weighted by Crippen LogP contribution is -2.20. The summed E-state index contributed by atoms with van der Waals surface area (Å²) in [5.74, 6) is -0.799. The molecule has 0 radical (unpaired) electrons. The number of anilines is 1. The van der Waals surface area contributed by atoms with Crippen molar-refractivity contribution in [1.29, 1.82) is 0 Å². The average molecular weight is 379 g/mol. The van der Waals surface area contributed by atoms with Crippen molar-refractivity contribution in [3.63, 3.8) is 0 Å². The van der Waals surface area contributed by atoms with Gasteiger partial charge in [-0.05, 0) is 12.1 Å². The molecule has 9 nitrogen and oxygen atoms in total. The third-order valence-electron chi connectivity index (χ3n) is 3.17. The Kier molecular flexibility index (Phi) is 6.12. The summed E-state index contributed by atoms with van der Waals surface area (Å²) in [5, 5.41) is 4.44. The minimum Gasteiger partial charge on any atom is -0.493 e. The fourth-order valence-electron chi connectivity index (χ4n) is 1.96. The van der Waals surface area contributed by atoms with Crippen LogP contribution in [0.25, 0.3) is 0 Å². The maximum atomic E-state index is 12.5. The zero-order valence-electron chi connectivity index (χ0n) is 14.3. The van der Waals surface area contributed by atoms with E-state index < -0.39 is 11.8 Å². The second-order valence-electron chi connectivity index (χ2n) is 5.01. The average Bonchev–Trinajstić information content (AvgIpc) is 3.07. The molecule has 1 heterocycles. The molecule has 26 heavy (non-hydrogen) atoms. The molecule has 0 fully saturated rings. The first-order valence-corrected chi connectivity index (χ1v) is 8.18. The topological polar surface area (TPSA) is 130 Å². The number of primary amides is 1. The van der Waals surface area contributed by atoms with Gasteiger partial charge in [0.05, 0.1) is 14.2 Å². The van der Waals surface area contributed by atoms with Crippen LogP contribution in [0.3, 0.4) is 0 Å². The summed E-state index contributed by atoms with van der Waals surface area (Å²) in [7, 11) is 2.76. The zero-order valence-corrected chi connectivity index (χ0v) is 15.1. The predicted molar refractivity (Wildman–Crippen MR) is 94.3 cm³/mol. The van der Waals surface area contributed by atoms with Gasteiger partial charge in [0.2, 0.25) is 5.75 Å². The monoisotopic (exact) mass is 379 g/mol. The molecule has 0 aliphatic rings. The van der Waals surface area contributed by atoms with E-state index in [2.05, 4.69) is 10.3 Å². The van der Waals surface area contributed by atoms with Crippen molar-refractivity contribution in [1.82, 2.24) is 4.98 Å². The van der Waals surface area contributed by atoms with E-state index >= 15 is 0 Å². The van der Waals surface area contributed by atoms with Crippen LogP contribution >= 0.6 is 11.3 Å². The minimum atomic E-state index is -0.666. The standard InChI is InChI=1S/C16H17N3O6S/c1-8(20)10-7-26-16(18-10)19-15(22)9-4-11(23-2)14(12(5-9)24-3)25-6-13(17)21/h4-5,7H,6H2,1-3H3,(H2,17,21)(H,18,19,22). The number of Topliss-reactive ketones (excluding diaryl/α,β-unsaturated/α-hetero) is 1. The van der Waals surface area contributed by atoms with Crippen LogP contribution in [-0.4, -0.2) is 43.4 Å². The highest BCUT2D eigenvalue weighted by Crippen LogP contribution is 2.38. The first-order chi connectivity index (χ1) is 12.3. The number of methoxy groups -OCH3 is 2. The van der Waals surface area contributed by atoms with Gasteiger partial charge in [-0.3, -0.25) is 19.7 Å². The number of nitrogens with two attached hydrogens (primary N) is 1.